The quantitative estimate of drug-likeness (QED) is 0.614. The largest absolute Gasteiger partial charge is 0.481 e. The monoisotopic (exact) mass is 276 g/mol. The van der Waals surface area contributed by atoms with Crippen molar-refractivity contribution in [2.24, 2.45) is 0 Å². The fraction of sp³-hybridized carbons (Fsp3) is 0.500. The highest BCUT2D eigenvalue weighted by Crippen LogP contribution is 2.24. The Balaban J connectivity index is 2.30. The Hall–Kier alpha value is -1.35. The van der Waals surface area contributed by atoms with E-state index in [0.29, 0.717) is 22.4 Å². The second kappa shape index (κ2) is 7.07. The molecule has 0 aliphatic heterocycles. The smallest absolute Gasteiger partial charge is 0.313 e. The van der Waals surface area contributed by atoms with Crippen LogP contribution in [0.5, 0.6) is 0 Å². The van der Waals surface area contributed by atoms with Crippen LogP contribution in [0.3, 0.4) is 0 Å². The third kappa shape index (κ3) is 5.50. The Morgan fingerprint density at radius 1 is 1.47 bits per heavy atom. The van der Waals surface area contributed by atoms with Crippen molar-refractivity contribution in [3.63, 3.8) is 0 Å². The van der Waals surface area contributed by atoms with Gasteiger partial charge in [0.15, 0.2) is 4.34 Å². The molecule has 0 aromatic carbocycles. The van der Waals surface area contributed by atoms with Crippen LogP contribution in [0.4, 0.5) is 5.13 Å². The zero-order valence-corrected chi connectivity index (χ0v) is 10.7. The Labute approximate surface area is 106 Å². The topological polar surface area (TPSA) is 104 Å². The molecule has 0 saturated heterocycles. The van der Waals surface area contributed by atoms with E-state index in [1.54, 1.807) is 7.05 Å². The first-order valence-electron chi connectivity index (χ1n) is 4.74. The average Bonchev–Trinajstić information content (AvgIpc) is 2.74. The molecule has 9 heteroatoms. The van der Waals surface area contributed by atoms with Crippen molar-refractivity contribution >= 4 is 40.1 Å². The predicted octanol–water partition coefficient (Wildman–Crippen LogP) is 0.263. The summed E-state index contributed by atoms with van der Waals surface area (Å²) in [5.41, 5.74) is 0. The average molecular weight is 276 g/mol. The molecule has 0 unspecified atom stereocenters. The van der Waals surface area contributed by atoms with Gasteiger partial charge in [-0.15, -0.1) is 10.2 Å². The highest BCUT2D eigenvalue weighted by molar-refractivity contribution is 8.01. The maximum absolute atomic E-state index is 10.9. The van der Waals surface area contributed by atoms with Crippen LogP contribution in [-0.4, -0.2) is 46.5 Å². The molecule has 7 nitrogen and oxygen atoms in total. The lowest BCUT2D eigenvalue weighted by Gasteiger charge is -2.00. The summed E-state index contributed by atoms with van der Waals surface area (Å²) < 4.78 is 0.592. The number of hydrogen-bond acceptors (Lipinski definition) is 7. The molecule has 0 bridgehead atoms. The fourth-order valence-corrected chi connectivity index (χ4v) is 2.37. The molecular formula is C8H12N4O3S2. The fourth-order valence-electron chi connectivity index (χ4n) is 0.871. The van der Waals surface area contributed by atoms with Gasteiger partial charge >= 0.3 is 5.97 Å². The third-order valence-corrected chi connectivity index (χ3v) is 3.63. The van der Waals surface area contributed by atoms with Gasteiger partial charge in [-0.1, -0.05) is 23.1 Å². The number of aromatic nitrogens is 2. The van der Waals surface area contributed by atoms with Crippen LogP contribution in [0.25, 0.3) is 0 Å². The van der Waals surface area contributed by atoms with Crippen LogP contribution in [0, 0.1) is 0 Å². The standard InChI is InChI=1S/C8H12N4O3S2/c1-9-5(13)2-3-10-7-11-12-8(17-7)16-4-6(14)15/h2-4H2,1H3,(H,9,13)(H,10,11)(H,14,15). The normalized spacial score (nSPS) is 9.94. The lowest BCUT2D eigenvalue weighted by atomic mass is 10.4. The summed E-state index contributed by atoms with van der Waals surface area (Å²) in [7, 11) is 1.58. The minimum atomic E-state index is -0.890. The van der Waals surface area contributed by atoms with Crippen LogP contribution in [0.2, 0.25) is 0 Å². The molecule has 0 fully saturated rings. The van der Waals surface area contributed by atoms with Crippen molar-refractivity contribution in [3.8, 4) is 0 Å². The predicted molar refractivity (Wildman–Crippen MR) is 65.4 cm³/mol. The molecule has 0 aliphatic rings. The molecule has 0 spiro atoms. The van der Waals surface area contributed by atoms with Crippen LogP contribution in [0.1, 0.15) is 6.42 Å². The summed E-state index contributed by atoms with van der Waals surface area (Å²) in [4.78, 5) is 21.3. The van der Waals surface area contributed by atoms with Crippen molar-refractivity contribution < 1.29 is 14.7 Å². The van der Waals surface area contributed by atoms with Gasteiger partial charge in [-0.05, 0) is 0 Å². The Kier molecular flexibility index (Phi) is 5.70. The summed E-state index contributed by atoms with van der Waals surface area (Å²) in [6, 6.07) is 0. The van der Waals surface area contributed by atoms with Gasteiger partial charge in [-0.2, -0.15) is 0 Å². The molecule has 3 N–H and O–H groups in total. The maximum Gasteiger partial charge on any atom is 0.313 e. The van der Waals surface area contributed by atoms with E-state index in [4.69, 9.17) is 5.11 Å². The first-order valence-corrected chi connectivity index (χ1v) is 6.54. The molecule has 1 aromatic rings. The van der Waals surface area contributed by atoms with E-state index in [9.17, 15) is 9.59 Å². The van der Waals surface area contributed by atoms with Crippen molar-refractivity contribution in [2.75, 3.05) is 24.7 Å². The van der Waals surface area contributed by atoms with Crippen molar-refractivity contribution in [1.82, 2.24) is 15.5 Å². The summed E-state index contributed by atoms with van der Waals surface area (Å²) in [6.07, 6.45) is 0.355. The number of nitrogens with one attached hydrogen (secondary N) is 2. The lowest BCUT2D eigenvalue weighted by Crippen LogP contribution is -2.20. The molecule has 1 aromatic heterocycles. The molecule has 0 radical (unpaired) electrons. The van der Waals surface area contributed by atoms with Gasteiger partial charge in [0.25, 0.3) is 0 Å². The maximum atomic E-state index is 10.9. The van der Waals surface area contributed by atoms with Gasteiger partial charge in [-0.25, -0.2) is 0 Å². The molecule has 0 aliphatic carbocycles. The lowest BCUT2D eigenvalue weighted by molar-refractivity contribution is -0.133. The van der Waals surface area contributed by atoms with Crippen molar-refractivity contribution in [3.05, 3.63) is 0 Å². The van der Waals surface area contributed by atoms with Crippen molar-refractivity contribution in [2.45, 2.75) is 10.8 Å². The molecule has 1 amide bonds. The van der Waals surface area contributed by atoms with Gasteiger partial charge in [0.05, 0.1) is 5.75 Å². The number of carbonyl (C=O) groups excluding carboxylic acids is 1. The Morgan fingerprint density at radius 3 is 2.88 bits per heavy atom. The number of thioether (sulfide) groups is 1. The number of hydrogen-bond donors (Lipinski definition) is 3. The first-order chi connectivity index (χ1) is 8.11. The number of carbonyl (C=O) groups is 2. The van der Waals surface area contributed by atoms with E-state index >= 15 is 0 Å². The molecular weight excluding hydrogens is 264 g/mol. The van der Waals surface area contributed by atoms with Crippen LogP contribution in [0.15, 0.2) is 4.34 Å². The van der Waals surface area contributed by atoms with E-state index in [1.807, 2.05) is 0 Å². The summed E-state index contributed by atoms with van der Waals surface area (Å²) in [5, 5.41) is 22.2. The van der Waals surface area contributed by atoms with Gasteiger partial charge in [0, 0.05) is 20.0 Å². The Bertz CT molecular complexity index is 396. The Morgan fingerprint density at radius 2 is 2.24 bits per heavy atom. The molecule has 0 atom stereocenters. The summed E-state index contributed by atoms with van der Waals surface area (Å²) >= 11 is 2.39. The highest BCUT2D eigenvalue weighted by Gasteiger charge is 2.07. The second-order valence-electron chi connectivity index (χ2n) is 2.91. The van der Waals surface area contributed by atoms with E-state index < -0.39 is 5.97 Å². The molecule has 0 saturated carbocycles. The number of rotatable bonds is 7. The molecule has 94 valence electrons. The number of carboxylic acid groups (broad SMARTS) is 1. The second-order valence-corrected chi connectivity index (χ2v) is 5.11. The molecule has 1 heterocycles. The van der Waals surface area contributed by atoms with Crippen LogP contribution >= 0.6 is 23.1 Å². The number of nitrogens with zero attached hydrogens (tertiary/aromatic N) is 2. The highest BCUT2D eigenvalue weighted by atomic mass is 32.2. The minimum absolute atomic E-state index is 0.0348. The van der Waals surface area contributed by atoms with Crippen LogP contribution in [-0.2, 0) is 9.59 Å². The number of anilines is 1. The van der Waals surface area contributed by atoms with Gasteiger partial charge in [0.2, 0.25) is 11.0 Å². The number of aliphatic carboxylic acids is 1. The van der Waals surface area contributed by atoms with E-state index in [0.717, 1.165) is 11.8 Å². The number of amides is 1. The van der Waals surface area contributed by atoms with Gasteiger partial charge in [-0.3, -0.25) is 9.59 Å². The zero-order chi connectivity index (χ0) is 12.7. The van der Waals surface area contributed by atoms with Gasteiger partial charge < -0.3 is 15.7 Å². The summed E-state index contributed by atoms with van der Waals surface area (Å²) in [6.45, 7) is 0.470. The zero-order valence-electron chi connectivity index (χ0n) is 9.10. The van der Waals surface area contributed by atoms with Crippen molar-refractivity contribution in [1.29, 1.82) is 0 Å². The number of carboxylic acids is 1. The van der Waals surface area contributed by atoms with E-state index in [-0.39, 0.29) is 11.7 Å². The SMILES string of the molecule is CNC(=O)CCNc1nnc(SCC(=O)O)s1. The van der Waals surface area contributed by atoms with Gasteiger partial charge in [0.1, 0.15) is 0 Å². The molecule has 1 rings (SSSR count). The minimum Gasteiger partial charge on any atom is -0.481 e. The van der Waals surface area contributed by atoms with E-state index in [2.05, 4.69) is 20.8 Å². The van der Waals surface area contributed by atoms with E-state index in [1.165, 1.54) is 11.3 Å². The third-order valence-electron chi connectivity index (χ3n) is 1.63. The molecule has 17 heavy (non-hydrogen) atoms. The van der Waals surface area contributed by atoms with Crippen LogP contribution < -0.4 is 10.6 Å². The first kappa shape index (κ1) is 13.7. The summed E-state index contributed by atoms with van der Waals surface area (Å²) in [5.74, 6) is -0.978.